The summed E-state index contributed by atoms with van der Waals surface area (Å²) in [6, 6.07) is 17.3. The van der Waals surface area contributed by atoms with Gasteiger partial charge in [-0.05, 0) is 72.6 Å². The first kappa shape index (κ1) is 20.2. The van der Waals surface area contributed by atoms with Crippen LogP contribution in [0.5, 0.6) is 0 Å². The molecule has 1 aliphatic carbocycles. The molecule has 0 saturated carbocycles. The first-order chi connectivity index (χ1) is 13.8. The van der Waals surface area contributed by atoms with Crippen LogP contribution >= 0.6 is 0 Å². The van der Waals surface area contributed by atoms with Crippen molar-refractivity contribution < 1.29 is 0 Å². The highest BCUT2D eigenvalue weighted by atomic mass is 14.2. The largest absolute Gasteiger partial charge is 0.0840 e. The molecule has 1 unspecified atom stereocenters. The van der Waals surface area contributed by atoms with Gasteiger partial charge in [-0.1, -0.05) is 87.4 Å². The molecule has 144 valence electrons. The number of hydrogen-bond donors (Lipinski definition) is 0. The maximum Gasteiger partial charge on any atom is 0.0249 e. The van der Waals surface area contributed by atoms with Crippen molar-refractivity contribution in [3.8, 4) is 11.8 Å². The van der Waals surface area contributed by atoms with Crippen molar-refractivity contribution in [3.63, 3.8) is 0 Å². The van der Waals surface area contributed by atoms with Crippen LogP contribution in [0, 0.1) is 17.8 Å². The molecule has 0 heteroatoms. The zero-order chi connectivity index (χ0) is 19.6. The van der Waals surface area contributed by atoms with Crippen LogP contribution in [0.15, 0.2) is 60.7 Å². The van der Waals surface area contributed by atoms with Crippen LogP contribution in [0.4, 0.5) is 0 Å². The lowest BCUT2D eigenvalue weighted by atomic mass is 9.84. The molecule has 28 heavy (non-hydrogen) atoms. The second-order valence-corrected chi connectivity index (χ2v) is 7.80. The van der Waals surface area contributed by atoms with Crippen molar-refractivity contribution in [3.05, 3.63) is 82.9 Å². The SMILES string of the molecule is CCC/C=C/c1ccc(C#Cc2ccc(C3=CCC(CCC)CC3)cc2)cc1. The maximum atomic E-state index is 3.30. The van der Waals surface area contributed by atoms with Gasteiger partial charge >= 0.3 is 0 Å². The van der Waals surface area contributed by atoms with Crippen molar-refractivity contribution in [2.45, 2.75) is 58.8 Å². The van der Waals surface area contributed by atoms with Gasteiger partial charge in [-0.3, -0.25) is 0 Å². The summed E-state index contributed by atoms with van der Waals surface area (Å²) in [7, 11) is 0. The van der Waals surface area contributed by atoms with Crippen LogP contribution in [0.3, 0.4) is 0 Å². The van der Waals surface area contributed by atoms with Crippen molar-refractivity contribution in [1.82, 2.24) is 0 Å². The Morgan fingerprint density at radius 2 is 1.57 bits per heavy atom. The summed E-state index contributed by atoms with van der Waals surface area (Å²) in [6.45, 7) is 4.49. The number of rotatable bonds is 6. The fourth-order valence-electron chi connectivity index (χ4n) is 3.80. The summed E-state index contributed by atoms with van der Waals surface area (Å²) in [5, 5.41) is 0. The van der Waals surface area contributed by atoms with Gasteiger partial charge in [0.25, 0.3) is 0 Å². The van der Waals surface area contributed by atoms with Crippen LogP contribution in [-0.2, 0) is 0 Å². The van der Waals surface area contributed by atoms with Crippen LogP contribution in [0.1, 0.15) is 81.0 Å². The van der Waals surface area contributed by atoms with E-state index in [2.05, 4.69) is 92.4 Å². The standard InChI is InChI=1S/C28H32/c1-3-5-6-8-24-9-11-25(12-10-24)13-14-26-17-21-28(22-18-26)27-19-15-23(7-4-2)16-20-27/h6,8-12,17-19,21-23H,3-5,7,15-16,20H2,1-2H3/b8-6+. The molecular formula is C28H32. The molecule has 0 N–H and O–H groups in total. The van der Waals surface area contributed by atoms with Gasteiger partial charge in [0.05, 0.1) is 0 Å². The molecule has 0 heterocycles. The summed E-state index contributed by atoms with van der Waals surface area (Å²) >= 11 is 0. The van der Waals surface area contributed by atoms with Gasteiger partial charge < -0.3 is 0 Å². The fraction of sp³-hybridized carbons (Fsp3) is 0.357. The van der Waals surface area contributed by atoms with E-state index in [1.165, 1.54) is 55.2 Å². The first-order valence-electron chi connectivity index (χ1n) is 10.9. The molecule has 0 spiro atoms. The normalized spacial score (nSPS) is 16.5. The molecule has 0 bridgehead atoms. The smallest absolute Gasteiger partial charge is 0.0249 e. The molecule has 0 aromatic heterocycles. The predicted molar refractivity (Wildman–Crippen MR) is 123 cm³/mol. The summed E-state index contributed by atoms with van der Waals surface area (Å²) in [6.07, 6.45) is 15.7. The lowest BCUT2D eigenvalue weighted by Gasteiger charge is -2.21. The predicted octanol–water partition coefficient (Wildman–Crippen LogP) is 7.88. The van der Waals surface area contributed by atoms with Gasteiger partial charge in [0, 0.05) is 11.1 Å². The highest BCUT2D eigenvalue weighted by Gasteiger charge is 2.14. The average Bonchev–Trinajstić information content (AvgIpc) is 2.75. The van der Waals surface area contributed by atoms with Gasteiger partial charge in [-0.25, -0.2) is 0 Å². The third-order valence-corrected chi connectivity index (χ3v) is 5.50. The van der Waals surface area contributed by atoms with E-state index in [0.29, 0.717) is 0 Å². The molecule has 1 aliphatic rings. The lowest BCUT2D eigenvalue weighted by molar-refractivity contribution is 0.445. The van der Waals surface area contributed by atoms with Crippen molar-refractivity contribution >= 4 is 11.6 Å². The first-order valence-corrected chi connectivity index (χ1v) is 10.9. The summed E-state index contributed by atoms with van der Waals surface area (Å²) in [4.78, 5) is 0. The van der Waals surface area contributed by atoms with E-state index in [0.717, 1.165) is 23.5 Å². The molecular weight excluding hydrogens is 336 g/mol. The third kappa shape index (κ3) is 6.00. The maximum absolute atomic E-state index is 3.30. The molecule has 1 atom stereocenters. The minimum Gasteiger partial charge on any atom is -0.0840 e. The Morgan fingerprint density at radius 3 is 2.14 bits per heavy atom. The number of benzene rings is 2. The minimum absolute atomic E-state index is 0.896. The van der Waals surface area contributed by atoms with Gasteiger partial charge in [-0.2, -0.15) is 0 Å². The molecule has 0 fully saturated rings. The zero-order valence-corrected chi connectivity index (χ0v) is 17.4. The Labute approximate surface area is 171 Å². The monoisotopic (exact) mass is 368 g/mol. The fourth-order valence-corrected chi connectivity index (χ4v) is 3.80. The average molecular weight is 369 g/mol. The van der Waals surface area contributed by atoms with Gasteiger partial charge in [0.2, 0.25) is 0 Å². The second-order valence-electron chi connectivity index (χ2n) is 7.80. The number of hydrogen-bond acceptors (Lipinski definition) is 0. The Bertz CT molecular complexity index is 851. The molecule has 2 aromatic rings. The van der Waals surface area contributed by atoms with E-state index < -0.39 is 0 Å². The molecule has 0 aliphatic heterocycles. The number of unbranched alkanes of at least 4 members (excludes halogenated alkanes) is 1. The van der Waals surface area contributed by atoms with Crippen LogP contribution < -0.4 is 0 Å². The highest BCUT2D eigenvalue weighted by molar-refractivity contribution is 5.67. The van der Waals surface area contributed by atoms with Crippen molar-refractivity contribution in [2.24, 2.45) is 5.92 Å². The van der Waals surface area contributed by atoms with E-state index in [9.17, 15) is 0 Å². The minimum atomic E-state index is 0.896. The van der Waals surface area contributed by atoms with Gasteiger partial charge in [0.15, 0.2) is 0 Å². The van der Waals surface area contributed by atoms with E-state index in [1.54, 1.807) is 0 Å². The summed E-state index contributed by atoms with van der Waals surface area (Å²) < 4.78 is 0. The van der Waals surface area contributed by atoms with Crippen molar-refractivity contribution in [1.29, 1.82) is 0 Å². The Balaban J connectivity index is 1.61. The van der Waals surface area contributed by atoms with E-state index in [4.69, 9.17) is 0 Å². The Kier molecular flexibility index (Phi) is 7.74. The number of allylic oxidation sites excluding steroid dienone is 3. The zero-order valence-electron chi connectivity index (χ0n) is 17.4. The second kappa shape index (κ2) is 10.7. The highest BCUT2D eigenvalue weighted by Crippen LogP contribution is 2.32. The molecule has 0 nitrogen and oxygen atoms in total. The third-order valence-electron chi connectivity index (χ3n) is 5.50. The van der Waals surface area contributed by atoms with Crippen LogP contribution in [0.2, 0.25) is 0 Å². The van der Waals surface area contributed by atoms with E-state index in [1.807, 2.05) is 0 Å². The summed E-state index contributed by atoms with van der Waals surface area (Å²) in [5.41, 5.74) is 6.26. The van der Waals surface area contributed by atoms with E-state index >= 15 is 0 Å². The van der Waals surface area contributed by atoms with E-state index in [-0.39, 0.29) is 0 Å². The Hall–Kier alpha value is -2.52. The van der Waals surface area contributed by atoms with Gasteiger partial charge in [-0.15, -0.1) is 0 Å². The van der Waals surface area contributed by atoms with Crippen molar-refractivity contribution in [2.75, 3.05) is 0 Å². The quantitative estimate of drug-likeness (QED) is 0.455. The Morgan fingerprint density at radius 1 is 0.893 bits per heavy atom. The summed E-state index contributed by atoms with van der Waals surface area (Å²) in [5.74, 6) is 7.48. The molecule has 3 rings (SSSR count). The van der Waals surface area contributed by atoms with Crippen LogP contribution in [-0.4, -0.2) is 0 Å². The molecule has 2 aromatic carbocycles. The molecule has 0 radical (unpaired) electrons. The lowest BCUT2D eigenvalue weighted by Crippen LogP contribution is -2.04. The van der Waals surface area contributed by atoms with Gasteiger partial charge in [0.1, 0.15) is 0 Å². The molecule has 0 saturated heterocycles. The van der Waals surface area contributed by atoms with Crippen LogP contribution in [0.25, 0.3) is 11.6 Å². The molecule has 0 amide bonds. The topological polar surface area (TPSA) is 0 Å².